The SMILES string of the molecule is N/C(=N/O)c1cc(Br)ccc1NC(=O)C1CCC1. The minimum Gasteiger partial charge on any atom is -0.409 e. The number of halogens is 1. The van der Waals surface area contributed by atoms with Crippen molar-refractivity contribution in [1.29, 1.82) is 0 Å². The first-order valence-electron chi connectivity index (χ1n) is 5.70. The van der Waals surface area contributed by atoms with Crippen LogP contribution in [0.3, 0.4) is 0 Å². The molecule has 1 aromatic rings. The standard InChI is InChI=1S/C12H14BrN3O2/c13-8-4-5-10(9(6-8)11(14)16-18)15-12(17)7-2-1-3-7/h4-7,18H,1-3H2,(H2,14,16)(H,15,17). The predicted molar refractivity (Wildman–Crippen MR) is 72.6 cm³/mol. The lowest BCUT2D eigenvalue weighted by atomic mass is 9.85. The zero-order valence-electron chi connectivity index (χ0n) is 9.69. The largest absolute Gasteiger partial charge is 0.409 e. The van der Waals surface area contributed by atoms with Crippen molar-refractivity contribution in [2.45, 2.75) is 19.3 Å². The molecule has 0 aromatic heterocycles. The number of oxime groups is 1. The quantitative estimate of drug-likeness (QED) is 0.346. The van der Waals surface area contributed by atoms with Crippen molar-refractivity contribution in [1.82, 2.24) is 0 Å². The van der Waals surface area contributed by atoms with E-state index in [1.165, 1.54) is 0 Å². The molecule has 1 saturated carbocycles. The van der Waals surface area contributed by atoms with E-state index in [9.17, 15) is 4.79 Å². The van der Waals surface area contributed by atoms with Crippen molar-refractivity contribution in [2.24, 2.45) is 16.8 Å². The smallest absolute Gasteiger partial charge is 0.227 e. The fourth-order valence-electron chi connectivity index (χ4n) is 1.80. The van der Waals surface area contributed by atoms with E-state index in [2.05, 4.69) is 26.4 Å². The maximum atomic E-state index is 11.9. The summed E-state index contributed by atoms with van der Waals surface area (Å²) in [6.07, 6.45) is 2.97. The van der Waals surface area contributed by atoms with E-state index in [0.717, 1.165) is 23.7 Å². The monoisotopic (exact) mass is 311 g/mol. The van der Waals surface area contributed by atoms with Crippen molar-refractivity contribution in [3.8, 4) is 0 Å². The molecule has 1 amide bonds. The molecule has 1 fully saturated rings. The van der Waals surface area contributed by atoms with Crippen molar-refractivity contribution < 1.29 is 10.0 Å². The van der Waals surface area contributed by atoms with Crippen LogP contribution >= 0.6 is 15.9 Å². The summed E-state index contributed by atoms with van der Waals surface area (Å²) in [5.74, 6) is 0.0598. The molecule has 0 atom stereocenters. The summed E-state index contributed by atoms with van der Waals surface area (Å²) in [4.78, 5) is 11.9. The Morgan fingerprint density at radius 3 is 2.78 bits per heavy atom. The van der Waals surface area contributed by atoms with Gasteiger partial charge in [0.05, 0.1) is 5.69 Å². The molecule has 6 heteroatoms. The number of carbonyl (C=O) groups excluding carboxylic acids is 1. The predicted octanol–water partition coefficient (Wildman–Crippen LogP) is 2.28. The molecule has 0 saturated heterocycles. The average molecular weight is 312 g/mol. The van der Waals surface area contributed by atoms with Crippen molar-refractivity contribution >= 4 is 33.4 Å². The summed E-state index contributed by atoms with van der Waals surface area (Å²) in [6.45, 7) is 0. The molecular formula is C12H14BrN3O2. The maximum absolute atomic E-state index is 11.9. The van der Waals surface area contributed by atoms with Crippen LogP contribution in [-0.2, 0) is 4.79 Å². The Hall–Kier alpha value is -1.56. The number of anilines is 1. The van der Waals surface area contributed by atoms with Gasteiger partial charge >= 0.3 is 0 Å². The fourth-order valence-corrected chi connectivity index (χ4v) is 2.16. The molecule has 0 heterocycles. The molecule has 5 nitrogen and oxygen atoms in total. The average Bonchev–Trinajstić information content (AvgIpc) is 2.28. The van der Waals surface area contributed by atoms with E-state index in [1.807, 2.05) is 0 Å². The highest BCUT2D eigenvalue weighted by Gasteiger charge is 2.25. The molecule has 18 heavy (non-hydrogen) atoms. The van der Waals surface area contributed by atoms with E-state index in [1.54, 1.807) is 18.2 Å². The summed E-state index contributed by atoms with van der Waals surface area (Å²) >= 11 is 3.31. The summed E-state index contributed by atoms with van der Waals surface area (Å²) in [6, 6.07) is 5.23. The summed E-state index contributed by atoms with van der Waals surface area (Å²) < 4.78 is 0.797. The van der Waals surface area contributed by atoms with Gasteiger partial charge in [-0.2, -0.15) is 0 Å². The molecule has 96 valence electrons. The third-order valence-corrected chi connectivity index (χ3v) is 3.59. The van der Waals surface area contributed by atoms with E-state index in [0.29, 0.717) is 11.3 Å². The van der Waals surface area contributed by atoms with E-state index in [-0.39, 0.29) is 17.7 Å². The van der Waals surface area contributed by atoms with Crippen LogP contribution in [0.5, 0.6) is 0 Å². The highest BCUT2D eigenvalue weighted by Crippen LogP contribution is 2.28. The Kier molecular flexibility index (Phi) is 3.86. The van der Waals surface area contributed by atoms with Crippen molar-refractivity contribution in [3.05, 3.63) is 28.2 Å². The number of hydrogen-bond acceptors (Lipinski definition) is 3. The van der Waals surface area contributed by atoms with Crippen LogP contribution in [0.15, 0.2) is 27.8 Å². The molecule has 1 aliphatic rings. The minimum atomic E-state index is -0.0276. The first-order valence-corrected chi connectivity index (χ1v) is 6.49. The Morgan fingerprint density at radius 1 is 1.50 bits per heavy atom. The molecule has 0 bridgehead atoms. The Bertz CT molecular complexity index is 498. The van der Waals surface area contributed by atoms with Gasteiger partial charge in [-0.1, -0.05) is 27.5 Å². The lowest BCUT2D eigenvalue weighted by Gasteiger charge is -2.24. The lowest BCUT2D eigenvalue weighted by molar-refractivity contribution is -0.122. The fraction of sp³-hybridized carbons (Fsp3) is 0.333. The highest BCUT2D eigenvalue weighted by molar-refractivity contribution is 9.10. The molecule has 4 N–H and O–H groups in total. The minimum absolute atomic E-state index is 0.00411. The van der Waals surface area contributed by atoms with Crippen molar-refractivity contribution in [3.63, 3.8) is 0 Å². The van der Waals surface area contributed by atoms with Gasteiger partial charge < -0.3 is 16.3 Å². The van der Waals surface area contributed by atoms with Gasteiger partial charge in [-0.3, -0.25) is 4.79 Å². The van der Waals surface area contributed by atoms with Gasteiger partial charge in [-0.15, -0.1) is 0 Å². The van der Waals surface area contributed by atoms with E-state index >= 15 is 0 Å². The Labute approximate surface area is 113 Å². The zero-order chi connectivity index (χ0) is 13.1. The molecule has 1 aromatic carbocycles. The molecule has 2 rings (SSSR count). The van der Waals surface area contributed by atoms with Gasteiger partial charge in [0.1, 0.15) is 0 Å². The second-order valence-electron chi connectivity index (χ2n) is 4.29. The summed E-state index contributed by atoms with van der Waals surface area (Å²) in [5, 5.41) is 14.5. The van der Waals surface area contributed by atoms with Crippen LogP contribution in [0.1, 0.15) is 24.8 Å². The van der Waals surface area contributed by atoms with E-state index < -0.39 is 0 Å². The van der Waals surface area contributed by atoms with Crippen LogP contribution in [0.4, 0.5) is 5.69 Å². The van der Waals surface area contributed by atoms with Crippen LogP contribution in [-0.4, -0.2) is 17.0 Å². The number of hydrogen-bond donors (Lipinski definition) is 3. The van der Waals surface area contributed by atoms with Gasteiger partial charge in [0, 0.05) is 16.0 Å². The first kappa shape index (κ1) is 12.9. The van der Waals surface area contributed by atoms with Crippen molar-refractivity contribution in [2.75, 3.05) is 5.32 Å². The Balaban J connectivity index is 2.23. The lowest BCUT2D eigenvalue weighted by Crippen LogP contribution is -2.29. The van der Waals surface area contributed by atoms with Crippen LogP contribution in [0.25, 0.3) is 0 Å². The Morgan fingerprint density at radius 2 is 2.22 bits per heavy atom. The molecule has 0 radical (unpaired) electrons. The van der Waals surface area contributed by atoms with Gasteiger partial charge in [0.2, 0.25) is 5.91 Å². The van der Waals surface area contributed by atoms with Gasteiger partial charge in [0.15, 0.2) is 5.84 Å². The third kappa shape index (κ3) is 2.64. The first-order chi connectivity index (χ1) is 8.61. The maximum Gasteiger partial charge on any atom is 0.227 e. The number of nitrogens with zero attached hydrogens (tertiary/aromatic N) is 1. The van der Waals surface area contributed by atoms with Gasteiger partial charge in [0.25, 0.3) is 0 Å². The van der Waals surface area contributed by atoms with Gasteiger partial charge in [-0.25, -0.2) is 0 Å². The van der Waals surface area contributed by atoms with Crippen LogP contribution < -0.4 is 11.1 Å². The number of nitrogens with one attached hydrogen (secondary N) is 1. The van der Waals surface area contributed by atoms with Crippen LogP contribution in [0.2, 0.25) is 0 Å². The van der Waals surface area contributed by atoms with Crippen LogP contribution in [0, 0.1) is 5.92 Å². The number of amides is 1. The second-order valence-corrected chi connectivity index (χ2v) is 5.21. The molecule has 0 aliphatic heterocycles. The molecule has 1 aliphatic carbocycles. The number of amidine groups is 1. The highest BCUT2D eigenvalue weighted by atomic mass is 79.9. The summed E-state index contributed by atoms with van der Waals surface area (Å²) in [5.41, 5.74) is 6.65. The summed E-state index contributed by atoms with van der Waals surface area (Å²) in [7, 11) is 0. The number of rotatable bonds is 3. The molecule has 0 unspecified atom stereocenters. The van der Waals surface area contributed by atoms with E-state index in [4.69, 9.17) is 10.9 Å². The number of nitrogens with two attached hydrogens (primary N) is 1. The third-order valence-electron chi connectivity index (χ3n) is 3.10. The molecule has 0 spiro atoms. The molecular weight excluding hydrogens is 298 g/mol. The zero-order valence-corrected chi connectivity index (χ0v) is 11.3. The number of benzene rings is 1. The second kappa shape index (κ2) is 5.39. The number of carbonyl (C=O) groups is 1. The normalized spacial score (nSPS) is 16.2. The van der Waals surface area contributed by atoms with Gasteiger partial charge in [-0.05, 0) is 31.0 Å². The topological polar surface area (TPSA) is 87.7 Å².